The number of benzene rings is 2. The molecule has 2 aromatic rings. The van der Waals surface area contributed by atoms with Crippen LogP contribution in [0.3, 0.4) is 0 Å². The van der Waals surface area contributed by atoms with Crippen LogP contribution in [-0.2, 0) is 29.1 Å². The van der Waals surface area contributed by atoms with Crippen molar-refractivity contribution in [2.75, 3.05) is 6.54 Å². The fourth-order valence-electron chi connectivity index (χ4n) is 4.20. The minimum absolute atomic E-state index is 0.0297. The van der Waals surface area contributed by atoms with Crippen molar-refractivity contribution in [2.24, 2.45) is 0 Å². The molecule has 2 aliphatic heterocycles. The van der Waals surface area contributed by atoms with Crippen molar-refractivity contribution in [2.45, 2.75) is 51.2 Å². The summed E-state index contributed by atoms with van der Waals surface area (Å²) < 4.78 is 0. The minimum atomic E-state index is -0.365. The third-order valence-electron chi connectivity index (χ3n) is 5.89. The number of carbonyl (C=O) groups is 3. The summed E-state index contributed by atoms with van der Waals surface area (Å²) in [6, 6.07) is 17.3. The first-order chi connectivity index (χ1) is 14.6. The van der Waals surface area contributed by atoms with Gasteiger partial charge in [-0.15, -0.1) is 0 Å². The number of hydrogen-bond acceptors (Lipinski definition) is 3. The number of carbonyl (C=O) groups excluding carboxylic acids is 3. The van der Waals surface area contributed by atoms with Crippen molar-refractivity contribution in [3.63, 3.8) is 0 Å². The third-order valence-corrected chi connectivity index (χ3v) is 5.89. The molecule has 6 heteroatoms. The second-order valence-corrected chi connectivity index (χ2v) is 7.96. The van der Waals surface area contributed by atoms with Gasteiger partial charge < -0.3 is 10.2 Å². The summed E-state index contributed by atoms with van der Waals surface area (Å²) in [5.74, 6) is -0.0582. The summed E-state index contributed by atoms with van der Waals surface area (Å²) in [5.41, 5.74) is 3.36. The van der Waals surface area contributed by atoms with Gasteiger partial charge in [0.1, 0.15) is 6.04 Å². The number of hydrogen-bond donors (Lipinski definition) is 1. The number of imide groups is 1. The van der Waals surface area contributed by atoms with Gasteiger partial charge in [-0.1, -0.05) is 61.0 Å². The Morgan fingerprint density at radius 2 is 1.67 bits per heavy atom. The van der Waals surface area contributed by atoms with Gasteiger partial charge in [-0.2, -0.15) is 0 Å². The van der Waals surface area contributed by atoms with Crippen LogP contribution in [0.25, 0.3) is 0 Å². The van der Waals surface area contributed by atoms with E-state index >= 15 is 0 Å². The van der Waals surface area contributed by atoms with E-state index in [0.29, 0.717) is 32.5 Å². The van der Waals surface area contributed by atoms with E-state index in [4.69, 9.17) is 0 Å². The molecule has 0 aliphatic carbocycles. The minimum Gasteiger partial charge on any atom is -0.352 e. The van der Waals surface area contributed by atoms with Crippen LogP contribution < -0.4 is 5.32 Å². The average molecular weight is 405 g/mol. The number of fused-ring (bicyclic) bond motifs is 2. The molecule has 1 saturated heterocycles. The van der Waals surface area contributed by atoms with Gasteiger partial charge in [0.05, 0.1) is 0 Å². The maximum absolute atomic E-state index is 12.8. The van der Waals surface area contributed by atoms with Gasteiger partial charge in [0.15, 0.2) is 0 Å². The first kappa shape index (κ1) is 20.1. The van der Waals surface area contributed by atoms with Crippen LogP contribution in [0.15, 0.2) is 54.6 Å². The van der Waals surface area contributed by atoms with Crippen molar-refractivity contribution in [3.05, 3.63) is 71.3 Å². The normalized spacial score (nSPS) is 17.7. The fraction of sp³-hybridized carbons (Fsp3) is 0.375. The molecule has 156 valence electrons. The fourth-order valence-corrected chi connectivity index (χ4v) is 4.20. The Labute approximate surface area is 176 Å². The molecule has 2 aromatic carbocycles. The zero-order valence-electron chi connectivity index (χ0n) is 17.0. The van der Waals surface area contributed by atoms with E-state index in [0.717, 1.165) is 36.0 Å². The molecule has 0 saturated carbocycles. The summed E-state index contributed by atoms with van der Waals surface area (Å²) in [6.45, 7) is 1.46. The van der Waals surface area contributed by atoms with E-state index < -0.39 is 0 Å². The van der Waals surface area contributed by atoms with Gasteiger partial charge in [0.2, 0.25) is 5.91 Å². The van der Waals surface area contributed by atoms with Crippen molar-refractivity contribution >= 4 is 17.8 Å². The Balaban J connectivity index is 1.18. The first-order valence-electron chi connectivity index (χ1n) is 10.6. The summed E-state index contributed by atoms with van der Waals surface area (Å²) >= 11 is 0. The van der Waals surface area contributed by atoms with Crippen molar-refractivity contribution in [1.82, 2.24) is 15.1 Å². The highest BCUT2D eigenvalue weighted by atomic mass is 16.2. The Kier molecular flexibility index (Phi) is 6.12. The molecule has 0 radical (unpaired) electrons. The standard InChI is InChI=1S/C24H27N3O3/c28-22(25-16-18-9-3-1-4-10-18)13-5-2-8-14-26-23(29)21-15-19-11-6-7-12-20(19)17-27(21)24(26)30/h1,3-4,6-7,9-12,21H,2,5,8,13-17H2,(H,25,28). The summed E-state index contributed by atoms with van der Waals surface area (Å²) in [6.07, 6.45) is 3.32. The Hall–Kier alpha value is -3.15. The molecule has 4 amide bonds. The maximum atomic E-state index is 12.8. The average Bonchev–Trinajstić information content (AvgIpc) is 3.00. The Morgan fingerprint density at radius 1 is 0.933 bits per heavy atom. The molecule has 1 atom stereocenters. The molecule has 0 aromatic heterocycles. The van der Waals surface area contributed by atoms with Crippen LogP contribution in [-0.4, -0.2) is 40.2 Å². The lowest BCUT2D eigenvalue weighted by molar-refractivity contribution is -0.128. The molecule has 0 spiro atoms. The van der Waals surface area contributed by atoms with Crippen molar-refractivity contribution < 1.29 is 14.4 Å². The molecule has 0 bridgehead atoms. The van der Waals surface area contributed by atoms with Gasteiger partial charge in [-0.25, -0.2) is 4.79 Å². The highest BCUT2D eigenvalue weighted by molar-refractivity contribution is 6.04. The van der Waals surface area contributed by atoms with Crippen LogP contribution in [0.2, 0.25) is 0 Å². The molecular formula is C24H27N3O3. The number of rotatable bonds is 8. The quantitative estimate of drug-likeness (QED) is 0.541. The Morgan fingerprint density at radius 3 is 2.47 bits per heavy atom. The van der Waals surface area contributed by atoms with Crippen LogP contribution >= 0.6 is 0 Å². The van der Waals surface area contributed by atoms with Gasteiger partial charge in [0, 0.05) is 32.5 Å². The third kappa shape index (κ3) is 4.37. The molecule has 2 aliphatic rings. The van der Waals surface area contributed by atoms with E-state index in [9.17, 15) is 14.4 Å². The molecule has 1 N–H and O–H groups in total. The lowest BCUT2D eigenvalue weighted by Crippen LogP contribution is -2.39. The molecule has 30 heavy (non-hydrogen) atoms. The van der Waals surface area contributed by atoms with Gasteiger partial charge in [-0.3, -0.25) is 14.5 Å². The zero-order valence-corrected chi connectivity index (χ0v) is 17.0. The molecule has 2 heterocycles. The lowest BCUT2D eigenvalue weighted by Gasteiger charge is -2.28. The monoisotopic (exact) mass is 405 g/mol. The van der Waals surface area contributed by atoms with Gasteiger partial charge in [0.25, 0.3) is 5.91 Å². The number of nitrogens with one attached hydrogen (secondary N) is 1. The number of nitrogens with zero attached hydrogens (tertiary/aromatic N) is 2. The second kappa shape index (κ2) is 9.11. The zero-order chi connectivity index (χ0) is 20.9. The largest absolute Gasteiger partial charge is 0.352 e. The summed E-state index contributed by atoms with van der Waals surface area (Å²) in [5, 5.41) is 2.92. The van der Waals surface area contributed by atoms with Gasteiger partial charge >= 0.3 is 6.03 Å². The number of unbranched alkanes of at least 4 members (excludes halogenated alkanes) is 2. The molecular weight excluding hydrogens is 378 g/mol. The first-order valence-corrected chi connectivity index (χ1v) is 10.6. The SMILES string of the molecule is O=C(CCCCCN1C(=O)C2Cc3ccccc3CN2C1=O)NCc1ccccc1. The summed E-state index contributed by atoms with van der Waals surface area (Å²) in [4.78, 5) is 40.5. The molecule has 1 unspecified atom stereocenters. The van der Waals surface area contributed by atoms with Gasteiger partial charge in [-0.05, 0) is 29.5 Å². The van der Waals surface area contributed by atoms with Crippen LogP contribution in [0.4, 0.5) is 4.79 Å². The topological polar surface area (TPSA) is 69.7 Å². The highest BCUT2D eigenvalue weighted by Gasteiger charge is 2.46. The number of urea groups is 1. The smallest absolute Gasteiger partial charge is 0.327 e. The van der Waals surface area contributed by atoms with Crippen LogP contribution in [0, 0.1) is 0 Å². The van der Waals surface area contributed by atoms with E-state index in [1.165, 1.54) is 4.90 Å². The molecule has 6 nitrogen and oxygen atoms in total. The van der Waals surface area contributed by atoms with Crippen molar-refractivity contribution in [3.8, 4) is 0 Å². The van der Waals surface area contributed by atoms with E-state index in [-0.39, 0.29) is 23.9 Å². The van der Waals surface area contributed by atoms with E-state index in [1.54, 1.807) is 4.90 Å². The predicted octanol–water partition coefficient (Wildman–Crippen LogP) is 3.25. The van der Waals surface area contributed by atoms with E-state index in [1.807, 2.05) is 54.6 Å². The molecule has 4 rings (SSSR count). The maximum Gasteiger partial charge on any atom is 0.327 e. The second-order valence-electron chi connectivity index (χ2n) is 7.96. The predicted molar refractivity (Wildman–Crippen MR) is 113 cm³/mol. The highest BCUT2D eigenvalue weighted by Crippen LogP contribution is 2.30. The summed E-state index contributed by atoms with van der Waals surface area (Å²) in [7, 11) is 0. The van der Waals surface area contributed by atoms with Crippen molar-refractivity contribution in [1.29, 1.82) is 0 Å². The van der Waals surface area contributed by atoms with E-state index in [2.05, 4.69) is 5.32 Å². The lowest BCUT2D eigenvalue weighted by atomic mass is 9.95. The molecule has 1 fully saturated rings. The number of amides is 4. The van der Waals surface area contributed by atoms with Crippen LogP contribution in [0.5, 0.6) is 0 Å². The Bertz CT molecular complexity index is 885. The van der Waals surface area contributed by atoms with Crippen LogP contribution in [0.1, 0.15) is 42.4 Å².